The summed E-state index contributed by atoms with van der Waals surface area (Å²) in [6.07, 6.45) is 1.95. The van der Waals surface area contributed by atoms with E-state index in [0.717, 1.165) is 30.9 Å². The second kappa shape index (κ2) is 10.8. The number of aryl methyl sites for hydroxylation is 2. The van der Waals surface area contributed by atoms with Crippen LogP contribution in [0.4, 0.5) is 0 Å². The van der Waals surface area contributed by atoms with Crippen molar-refractivity contribution in [1.82, 2.24) is 4.90 Å². The average molecular weight is 357 g/mol. The Hall–Kier alpha value is -2.04. The zero-order valence-corrected chi connectivity index (χ0v) is 16.4. The molecule has 0 aromatic heterocycles. The fourth-order valence-electron chi connectivity index (χ4n) is 2.94. The number of para-hydroxylation sites is 1. The molecule has 0 aliphatic heterocycles. The second-order valence-corrected chi connectivity index (χ2v) is 6.61. The third-order valence-electron chi connectivity index (χ3n) is 4.19. The molecule has 0 aliphatic rings. The Labute approximate surface area is 157 Å². The van der Waals surface area contributed by atoms with Crippen molar-refractivity contribution >= 4 is 0 Å². The Bertz CT molecular complexity index is 657. The molecule has 0 amide bonds. The number of likely N-dealkylation sites (N-methyl/N-ethyl adjacent to an activating group) is 1. The van der Waals surface area contributed by atoms with Gasteiger partial charge in [0.1, 0.15) is 24.2 Å². The first kappa shape index (κ1) is 20.3. The molecule has 0 saturated heterocycles. The molecule has 26 heavy (non-hydrogen) atoms. The maximum absolute atomic E-state index is 6.11. The van der Waals surface area contributed by atoms with Crippen LogP contribution in [0.25, 0.3) is 0 Å². The van der Waals surface area contributed by atoms with Gasteiger partial charge in [0.15, 0.2) is 0 Å². The van der Waals surface area contributed by atoms with E-state index in [-0.39, 0.29) is 6.10 Å². The predicted molar refractivity (Wildman–Crippen MR) is 106 cm³/mol. The van der Waals surface area contributed by atoms with E-state index in [0.29, 0.717) is 13.2 Å². The highest BCUT2D eigenvalue weighted by Gasteiger charge is 2.12. The van der Waals surface area contributed by atoms with Crippen molar-refractivity contribution in [3.8, 4) is 11.5 Å². The van der Waals surface area contributed by atoms with Gasteiger partial charge < -0.3 is 19.1 Å². The Morgan fingerprint density at radius 2 is 1.81 bits per heavy atom. The maximum atomic E-state index is 6.11. The molecule has 1 unspecified atom stereocenters. The number of nitrogens with zero attached hydrogens (tertiary/aromatic N) is 1. The van der Waals surface area contributed by atoms with Crippen molar-refractivity contribution in [3.05, 3.63) is 59.7 Å². The molecule has 0 fully saturated rings. The van der Waals surface area contributed by atoms with Crippen LogP contribution in [0.3, 0.4) is 0 Å². The van der Waals surface area contributed by atoms with Gasteiger partial charge in [-0.15, -0.1) is 0 Å². The third-order valence-corrected chi connectivity index (χ3v) is 4.19. The quantitative estimate of drug-likeness (QED) is 0.612. The fourth-order valence-corrected chi connectivity index (χ4v) is 2.94. The zero-order chi connectivity index (χ0) is 18.8. The molecule has 2 aromatic carbocycles. The standard InChI is InChI=1S/C22H31NO3/c1-5-25-21(16-23(2)3)17-26-22-12-7-6-10-19(22)14-13-18-9-8-11-20(15-18)24-4/h6-12,15,21H,5,13-14,16-17H2,1-4H3. The minimum Gasteiger partial charge on any atom is -0.497 e. The summed E-state index contributed by atoms with van der Waals surface area (Å²) in [6.45, 7) is 4.12. The highest BCUT2D eigenvalue weighted by molar-refractivity contribution is 5.35. The molecule has 0 radical (unpaired) electrons. The summed E-state index contributed by atoms with van der Waals surface area (Å²) in [7, 11) is 5.80. The van der Waals surface area contributed by atoms with Crippen LogP contribution in [0.15, 0.2) is 48.5 Å². The monoisotopic (exact) mass is 357 g/mol. The molecule has 0 aliphatic carbocycles. The summed E-state index contributed by atoms with van der Waals surface area (Å²) in [5.41, 5.74) is 2.48. The lowest BCUT2D eigenvalue weighted by molar-refractivity contribution is 0.0124. The van der Waals surface area contributed by atoms with E-state index in [1.54, 1.807) is 7.11 Å². The number of benzene rings is 2. The van der Waals surface area contributed by atoms with Gasteiger partial charge in [0, 0.05) is 13.2 Å². The van der Waals surface area contributed by atoms with Crippen LogP contribution in [0.1, 0.15) is 18.1 Å². The van der Waals surface area contributed by atoms with E-state index < -0.39 is 0 Å². The SMILES string of the molecule is CCOC(COc1ccccc1CCc1cccc(OC)c1)CN(C)C. The number of hydrogen-bond donors (Lipinski definition) is 0. The van der Waals surface area contributed by atoms with E-state index in [9.17, 15) is 0 Å². The molecule has 4 nitrogen and oxygen atoms in total. The summed E-state index contributed by atoms with van der Waals surface area (Å²) in [5, 5.41) is 0. The van der Waals surface area contributed by atoms with E-state index in [4.69, 9.17) is 14.2 Å². The van der Waals surface area contributed by atoms with Crippen LogP contribution in [0.5, 0.6) is 11.5 Å². The molecule has 142 valence electrons. The summed E-state index contributed by atoms with van der Waals surface area (Å²) < 4.78 is 17.2. The van der Waals surface area contributed by atoms with Crippen LogP contribution in [-0.2, 0) is 17.6 Å². The van der Waals surface area contributed by atoms with Crippen LogP contribution in [0, 0.1) is 0 Å². The highest BCUT2D eigenvalue weighted by Crippen LogP contribution is 2.22. The Morgan fingerprint density at radius 3 is 2.54 bits per heavy atom. The molecule has 2 rings (SSSR count). The second-order valence-electron chi connectivity index (χ2n) is 6.61. The predicted octanol–water partition coefficient (Wildman–Crippen LogP) is 3.83. The van der Waals surface area contributed by atoms with Gasteiger partial charge in [-0.25, -0.2) is 0 Å². The molecule has 0 bridgehead atoms. The van der Waals surface area contributed by atoms with Gasteiger partial charge in [0.2, 0.25) is 0 Å². The summed E-state index contributed by atoms with van der Waals surface area (Å²) >= 11 is 0. The number of methoxy groups -OCH3 is 1. The Balaban J connectivity index is 1.97. The first-order valence-corrected chi connectivity index (χ1v) is 9.22. The Kier molecular flexibility index (Phi) is 8.45. The van der Waals surface area contributed by atoms with Gasteiger partial charge in [0.05, 0.1) is 7.11 Å². The molecule has 2 aromatic rings. The van der Waals surface area contributed by atoms with Crippen molar-refractivity contribution in [1.29, 1.82) is 0 Å². The third kappa shape index (κ3) is 6.70. The van der Waals surface area contributed by atoms with Gasteiger partial charge in [-0.2, -0.15) is 0 Å². The minimum absolute atomic E-state index is 0.0708. The van der Waals surface area contributed by atoms with Gasteiger partial charge in [-0.05, 0) is 63.2 Å². The molecule has 1 atom stereocenters. The normalized spacial score (nSPS) is 12.2. The van der Waals surface area contributed by atoms with E-state index >= 15 is 0 Å². The summed E-state index contributed by atoms with van der Waals surface area (Å²) in [6, 6.07) is 16.5. The van der Waals surface area contributed by atoms with Crippen molar-refractivity contribution in [2.75, 3.05) is 41.0 Å². The zero-order valence-electron chi connectivity index (χ0n) is 16.4. The summed E-state index contributed by atoms with van der Waals surface area (Å²) in [5.74, 6) is 1.84. The number of rotatable bonds is 11. The molecule has 4 heteroatoms. The lowest BCUT2D eigenvalue weighted by Crippen LogP contribution is -2.33. The first-order chi connectivity index (χ1) is 12.6. The molecule has 0 spiro atoms. The fraction of sp³-hybridized carbons (Fsp3) is 0.455. The average Bonchev–Trinajstić information content (AvgIpc) is 2.65. The molecule has 0 saturated carbocycles. The van der Waals surface area contributed by atoms with E-state index in [2.05, 4.69) is 29.2 Å². The number of hydrogen-bond acceptors (Lipinski definition) is 4. The topological polar surface area (TPSA) is 30.9 Å². The van der Waals surface area contributed by atoms with Crippen LogP contribution < -0.4 is 9.47 Å². The highest BCUT2D eigenvalue weighted by atomic mass is 16.5. The van der Waals surface area contributed by atoms with Gasteiger partial charge >= 0.3 is 0 Å². The van der Waals surface area contributed by atoms with E-state index in [1.165, 1.54) is 11.1 Å². The molecule has 0 heterocycles. The minimum atomic E-state index is 0.0708. The van der Waals surface area contributed by atoms with Gasteiger partial charge in [0.25, 0.3) is 0 Å². The summed E-state index contributed by atoms with van der Waals surface area (Å²) in [4.78, 5) is 2.12. The largest absolute Gasteiger partial charge is 0.497 e. The smallest absolute Gasteiger partial charge is 0.122 e. The molecular formula is C22H31NO3. The van der Waals surface area contributed by atoms with Gasteiger partial charge in [-0.1, -0.05) is 30.3 Å². The van der Waals surface area contributed by atoms with Crippen molar-refractivity contribution < 1.29 is 14.2 Å². The van der Waals surface area contributed by atoms with Crippen molar-refractivity contribution in [3.63, 3.8) is 0 Å². The maximum Gasteiger partial charge on any atom is 0.122 e. The Morgan fingerprint density at radius 1 is 1.00 bits per heavy atom. The molecular weight excluding hydrogens is 326 g/mol. The van der Waals surface area contributed by atoms with Crippen molar-refractivity contribution in [2.24, 2.45) is 0 Å². The first-order valence-electron chi connectivity index (χ1n) is 9.22. The lowest BCUT2D eigenvalue weighted by Gasteiger charge is -2.22. The molecule has 0 N–H and O–H groups in total. The van der Waals surface area contributed by atoms with E-state index in [1.807, 2.05) is 45.3 Å². The van der Waals surface area contributed by atoms with Gasteiger partial charge in [-0.3, -0.25) is 0 Å². The number of ether oxygens (including phenoxy) is 3. The lowest BCUT2D eigenvalue weighted by atomic mass is 10.0. The van der Waals surface area contributed by atoms with Crippen LogP contribution in [-0.4, -0.2) is 52.0 Å². The van der Waals surface area contributed by atoms with Crippen LogP contribution >= 0.6 is 0 Å². The van der Waals surface area contributed by atoms with Crippen molar-refractivity contribution in [2.45, 2.75) is 25.9 Å². The van der Waals surface area contributed by atoms with Crippen LogP contribution in [0.2, 0.25) is 0 Å².